The molecule has 1 N–H and O–H groups in total. The van der Waals surface area contributed by atoms with Crippen LogP contribution in [-0.2, 0) is 6.18 Å². The van der Waals surface area contributed by atoms with Crippen molar-refractivity contribution in [2.75, 3.05) is 18.0 Å². The molecule has 0 unspecified atom stereocenters. The Balaban J connectivity index is 2.23. The number of β-amino-alcohol motifs (C(OH)–C–C–N with tert-alkyl or cyclic N) is 1. The molecule has 0 saturated carbocycles. The lowest BCUT2D eigenvalue weighted by Gasteiger charge is -2.19. The lowest BCUT2D eigenvalue weighted by Crippen LogP contribution is -2.21. The summed E-state index contributed by atoms with van der Waals surface area (Å²) >= 11 is 0. The molecular weight excluding hydrogens is 219 g/mol. The van der Waals surface area contributed by atoms with Crippen molar-refractivity contribution >= 4 is 5.69 Å². The largest absolute Gasteiger partial charge is 0.416 e. The van der Waals surface area contributed by atoms with Crippen molar-refractivity contribution in [1.82, 2.24) is 0 Å². The predicted molar refractivity (Wildman–Crippen MR) is 54.3 cm³/mol. The molecule has 0 aromatic heterocycles. The fraction of sp³-hybridized carbons (Fsp3) is 0.455. The van der Waals surface area contributed by atoms with Crippen LogP contribution in [0.25, 0.3) is 0 Å². The highest BCUT2D eigenvalue weighted by atomic mass is 19.4. The Morgan fingerprint density at radius 1 is 1.31 bits per heavy atom. The van der Waals surface area contributed by atoms with E-state index in [2.05, 4.69) is 0 Å². The molecule has 1 heterocycles. The minimum absolute atomic E-state index is 0.404. The fourth-order valence-electron chi connectivity index (χ4n) is 1.86. The van der Waals surface area contributed by atoms with Crippen LogP contribution in [-0.4, -0.2) is 24.3 Å². The molecule has 0 bridgehead atoms. The van der Waals surface area contributed by atoms with Gasteiger partial charge in [0.25, 0.3) is 0 Å². The number of nitrogens with zero attached hydrogens (tertiary/aromatic N) is 1. The molecule has 0 amide bonds. The van der Waals surface area contributed by atoms with E-state index in [0.717, 1.165) is 12.1 Å². The van der Waals surface area contributed by atoms with E-state index in [1.807, 2.05) is 0 Å². The maximum Gasteiger partial charge on any atom is 0.416 e. The summed E-state index contributed by atoms with van der Waals surface area (Å²) in [6, 6.07) is 5.20. The molecule has 1 atom stereocenters. The average molecular weight is 231 g/mol. The summed E-state index contributed by atoms with van der Waals surface area (Å²) in [5, 5.41) is 9.33. The lowest BCUT2D eigenvalue weighted by atomic mass is 10.2. The van der Waals surface area contributed by atoms with Crippen LogP contribution in [0.3, 0.4) is 0 Å². The van der Waals surface area contributed by atoms with Gasteiger partial charge in [-0.1, -0.05) is 6.07 Å². The molecule has 1 aliphatic rings. The lowest BCUT2D eigenvalue weighted by molar-refractivity contribution is -0.137. The topological polar surface area (TPSA) is 23.5 Å². The molecular formula is C11H12F3NO. The number of hydrogen-bond acceptors (Lipinski definition) is 2. The molecule has 1 aromatic carbocycles. The van der Waals surface area contributed by atoms with E-state index in [-0.39, 0.29) is 0 Å². The Labute approximate surface area is 91.3 Å². The minimum atomic E-state index is -4.31. The first kappa shape index (κ1) is 11.3. The van der Waals surface area contributed by atoms with E-state index in [1.165, 1.54) is 6.07 Å². The van der Waals surface area contributed by atoms with Gasteiger partial charge in [0.15, 0.2) is 0 Å². The van der Waals surface area contributed by atoms with Gasteiger partial charge in [0.05, 0.1) is 11.7 Å². The molecule has 1 aromatic rings. The third-order valence-corrected chi connectivity index (χ3v) is 2.70. The van der Waals surface area contributed by atoms with Crippen LogP contribution in [0.15, 0.2) is 24.3 Å². The highest BCUT2D eigenvalue weighted by Crippen LogP contribution is 2.32. The van der Waals surface area contributed by atoms with Crippen molar-refractivity contribution in [2.45, 2.75) is 18.7 Å². The SMILES string of the molecule is O[C@H]1CCN(c2cccc(C(F)(F)F)c2)C1. The van der Waals surface area contributed by atoms with Gasteiger partial charge >= 0.3 is 6.18 Å². The van der Waals surface area contributed by atoms with Crippen LogP contribution < -0.4 is 4.90 Å². The smallest absolute Gasteiger partial charge is 0.391 e. The Bertz CT molecular complexity index is 378. The van der Waals surface area contributed by atoms with Crippen LogP contribution in [0.5, 0.6) is 0 Å². The van der Waals surface area contributed by atoms with Crippen LogP contribution in [0.4, 0.5) is 18.9 Å². The summed E-state index contributed by atoms with van der Waals surface area (Å²) in [5.41, 5.74) is -0.127. The second-order valence-electron chi connectivity index (χ2n) is 3.94. The quantitative estimate of drug-likeness (QED) is 0.801. The molecule has 0 aliphatic carbocycles. The van der Waals surface area contributed by atoms with E-state index in [9.17, 15) is 18.3 Å². The van der Waals surface area contributed by atoms with E-state index in [0.29, 0.717) is 25.2 Å². The van der Waals surface area contributed by atoms with Crippen molar-refractivity contribution in [1.29, 1.82) is 0 Å². The summed E-state index contributed by atoms with van der Waals surface area (Å²) in [4.78, 5) is 1.76. The monoisotopic (exact) mass is 231 g/mol. The zero-order chi connectivity index (χ0) is 11.8. The summed E-state index contributed by atoms with van der Waals surface area (Å²) in [6.45, 7) is 1.00. The number of hydrogen-bond donors (Lipinski definition) is 1. The van der Waals surface area contributed by atoms with Gasteiger partial charge in [-0.25, -0.2) is 0 Å². The maximum atomic E-state index is 12.5. The molecule has 0 radical (unpaired) electrons. The van der Waals surface area contributed by atoms with E-state index in [4.69, 9.17) is 0 Å². The average Bonchev–Trinajstić information content (AvgIpc) is 2.64. The first-order valence-corrected chi connectivity index (χ1v) is 5.07. The molecule has 88 valence electrons. The second kappa shape index (κ2) is 3.97. The number of rotatable bonds is 1. The number of halogens is 3. The normalized spacial score (nSPS) is 21.5. The minimum Gasteiger partial charge on any atom is -0.391 e. The molecule has 0 spiro atoms. The third kappa shape index (κ3) is 2.29. The number of alkyl halides is 3. The van der Waals surface area contributed by atoms with Crippen molar-refractivity contribution in [3.8, 4) is 0 Å². The first-order chi connectivity index (χ1) is 7.47. The third-order valence-electron chi connectivity index (χ3n) is 2.70. The molecule has 1 saturated heterocycles. The fourth-order valence-corrected chi connectivity index (χ4v) is 1.86. The van der Waals surface area contributed by atoms with Crippen molar-refractivity contribution in [2.24, 2.45) is 0 Å². The Morgan fingerprint density at radius 3 is 2.62 bits per heavy atom. The molecule has 1 aliphatic heterocycles. The van der Waals surface area contributed by atoms with Crippen LogP contribution >= 0.6 is 0 Å². The second-order valence-corrected chi connectivity index (χ2v) is 3.94. The van der Waals surface area contributed by atoms with E-state index < -0.39 is 17.8 Å². The van der Waals surface area contributed by atoms with Crippen LogP contribution in [0.1, 0.15) is 12.0 Å². The highest BCUT2D eigenvalue weighted by Gasteiger charge is 2.31. The summed E-state index contributed by atoms with van der Waals surface area (Å²) < 4.78 is 37.4. The van der Waals surface area contributed by atoms with Gasteiger partial charge in [-0.2, -0.15) is 13.2 Å². The van der Waals surface area contributed by atoms with Gasteiger partial charge in [0.1, 0.15) is 0 Å². The molecule has 16 heavy (non-hydrogen) atoms. The number of benzene rings is 1. The van der Waals surface area contributed by atoms with Crippen molar-refractivity contribution < 1.29 is 18.3 Å². The standard InChI is InChI=1S/C11H12F3NO/c12-11(13,14)8-2-1-3-9(6-8)15-5-4-10(16)7-15/h1-3,6,10,16H,4-5,7H2/t10-/m0/s1. The van der Waals surface area contributed by atoms with E-state index >= 15 is 0 Å². The van der Waals surface area contributed by atoms with Gasteiger partial charge in [0.2, 0.25) is 0 Å². The van der Waals surface area contributed by atoms with Crippen LogP contribution in [0, 0.1) is 0 Å². The van der Waals surface area contributed by atoms with Crippen molar-refractivity contribution in [3.05, 3.63) is 29.8 Å². The number of anilines is 1. The maximum absolute atomic E-state index is 12.5. The molecule has 5 heteroatoms. The molecule has 2 nitrogen and oxygen atoms in total. The Hall–Kier alpha value is -1.23. The first-order valence-electron chi connectivity index (χ1n) is 5.07. The zero-order valence-electron chi connectivity index (χ0n) is 8.54. The number of aliphatic hydroxyl groups is 1. The zero-order valence-corrected chi connectivity index (χ0v) is 8.54. The van der Waals surface area contributed by atoms with Gasteiger partial charge in [-0.3, -0.25) is 0 Å². The van der Waals surface area contributed by atoms with Gasteiger partial charge in [0, 0.05) is 18.8 Å². The van der Waals surface area contributed by atoms with Gasteiger partial charge < -0.3 is 10.0 Å². The molecule has 2 rings (SSSR count). The van der Waals surface area contributed by atoms with Crippen molar-refractivity contribution in [3.63, 3.8) is 0 Å². The Kier molecular flexibility index (Phi) is 2.80. The van der Waals surface area contributed by atoms with Gasteiger partial charge in [-0.05, 0) is 24.6 Å². The van der Waals surface area contributed by atoms with Crippen LogP contribution in [0.2, 0.25) is 0 Å². The highest BCUT2D eigenvalue weighted by molar-refractivity contribution is 5.50. The predicted octanol–water partition coefficient (Wildman–Crippen LogP) is 2.28. The number of aliphatic hydroxyl groups excluding tert-OH is 1. The van der Waals surface area contributed by atoms with Gasteiger partial charge in [-0.15, -0.1) is 0 Å². The molecule has 1 fully saturated rings. The summed E-state index contributed by atoms with van der Waals surface area (Å²) in [7, 11) is 0. The summed E-state index contributed by atoms with van der Waals surface area (Å²) in [5.74, 6) is 0. The summed E-state index contributed by atoms with van der Waals surface area (Å²) in [6.07, 6.45) is -4.14. The Morgan fingerprint density at radius 2 is 2.06 bits per heavy atom. The van der Waals surface area contributed by atoms with E-state index in [1.54, 1.807) is 11.0 Å².